The number of hydrogen-bond acceptors (Lipinski definition) is 3. The second kappa shape index (κ2) is 18.3. The summed E-state index contributed by atoms with van der Waals surface area (Å²) in [7, 11) is 1.34. The highest BCUT2D eigenvalue weighted by atomic mass is 19.2. The van der Waals surface area contributed by atoms with Gasteiger partial charge in [0.25, 0.3) is 0 Å². The molecule has 5 heteroatoms. The summed E-state index contributed by atoms with van der Waals surface area (Å²) in [6.45, 7) is 16.7. The Morgan fingerprint density at radius 3 is 2.28 bits per heavy atom. The molecule has 1 aliphatic heterocycles. The predicted molar refractivity (Wildman–Crippen MR) is 131 cm³/mol. The molecule has 0 spiro atoms. The SMILES string of the molecule is C=CCCC1CCC(OCC(C)CCC(C)/C(CC)=C(F)/C(F)=C(\C)OC)CO1.CCC. The Morgan fingerprint density at radius 2 is 1.78 bits per heavy atom. The highest BCUT2D eigenvalue weighted by Gasteiger charge is 2.23. The first-order valence-electron chi connectivity index (χ1n) is 12.4. The Bertz CT molecular complexity index is 563. The van der Waals surface area contributed by atoms with Crippen molar-refractivity contribution in [3.05, 3.63) is 35.6 Å². The molecule has 0 saturated carbocycles. The van der Waals surface area contributed by atoms with Gasteiger partial charge in [-0.15, -0.1) is 6.58 Å². The van der Waals surface area contributed by atoms with E-state index < -0.39 is 11.7 Å². The molecule has 1 rings (SSSR count). The largest absolute Gasteiger partial charge is 0.498 e. The smallest absolute Gasteiger partial charge is 0.195 e. The fourth-order valence-electron chi connectivity index (χ4n) is 3.64. The molecule has 0 N–H and O–H groups in total. The van der Waals surface area contributed by atoms with E-state index in [2.05, 4.69) is 27.4 Å². The first kappa shape index (κ1) is 30.8. The maximum Gasteiger partial charge on any atom is 0.195 e. The van der Waals surface area contributed by atoms with Gasteiger partial charge in [0.2, 0.25) is 0 Å². The number of hydrogen-bond donors (Lipinski definition) is 0. The van der Waals surface area contributed by atoms with Crippen LogP contribution in [0.1, 0.15) is 92.9 Å². The number of rotatable bonds is 13. The number of methoxy groups -OCH3 is 1. The Balaban J connectivity index is 0.00000302. The number of halogens is 2. The highest BCUT2D eigenvalue weighted by molar-refractivity contribution is 5.28. The second-order valence-corrected chi connectivity index (χ2v) is 8.91. The molecule has 0 bridgehead atoms. The van der Waals surface area contributed by atoms with Crippen molar-refractivity contribution in [3.63, 3.8) is 0 Å². The van der Waals surface area contributed by atoms with Crippen LogP contribution in [0.3, 0.4) is 0 Å². The minimum atomic E-state index is -0.892. The lowest BCUT2D eigenvalue weighted by Gasteiger charge is -2.30. The van der Waals surface area contributed by atoms with Crippen LogP contribution < -0.4 is 0 Å². The fraction of sp³-hybridized carbons (Fsp3) is 0.778. The standard InChI is InChI=1S/C24H40F2O3.C3H8/c1-7-9-10-20-13-14-21(16-29-20)28-15-17(3)11-12-18(4)22(8-2)24(26)23(25)19(5)27-6;1-3-2/h7,17-18,20-21H,1,8-16H2,2-6H3;3H2,1-2H3/b23-19-,24-22-;. The molecular weight excluding hydrogens is 410 g/mol. The molecular formula is C27H48F2O3. The van der Waals surface area contributed by atoms with E-state index in [-0.39, 0.29) is 17.8 Å². The topological polar surface area (TPSA) is 27.7 Å². The van der Waals surface area contributed by atoms with Gasteiger partial charge in [0.05, 0.1) is 25.9 Å². The zero-order valence-corrected chi connectivity index (χ0v) is 21.6. The van der Waals surface area contributed by atoms with Crippen LogP contribution in [0.15, 0.2) is 35.6 Å². The number of allylic oxidation sites excluding steroid dienone is 5. The summed E-state index contributed by atoms with van der Waals surface area (Å²) < 4.78 is 45.3. The predicted octanol–water partition coefficient (Wildman–Crippen LogP) is 8.47. The van der Waals surface area contributed by atoms with E-state index in [0.29, 0.717) is 37.2 Å². The molecule has 1 aliphatic rings. The maximum absolute atomic E-state index is 14.5. The van der Waals surface area contributed by atoms with Crippen molar-refractivity contribution < 1.29 is 23.0 Å². The van der Waals surface area contributed by atoms with Crippen molar-refractivity contribution >= 4 is 0 Å². The summed E-state index contributed by atoms with van der Waals surface area (Å²) in [4.78, 5) is 0. The molecule has 0 aromatic heterocycles. The molecule has 1 saturated heterocycles. The lowest BCUT2D eigenvalue weighted by molar-refractivity contribution is -0.0930. The Labute approximate surface area is 196 Å². The molecule has 1 fully saturated rings. The minimum absolute atomic E-state index is 0.0242. The van der Waals surface area contributed by atoms with Crippen molar-refractivity contribution in [1.29, 1.82) is 0 Å². The first-order valence-corrected chi connectivity index (χ1v) is 12.4. The van der Waals surface area contributed by atoms with E-state index in [9.17, 15) is 8.78 Å². The lowest BCUT2D eigenvalue weighted by Crippen LogP contribution is -2.32. The molecule has 32 heavy (non-hydrogen) atoms. The normalized spacial score (nSPS) is 22.0. The Morgan fingerprint density at radius 1 is 1.12 bits per heavy atom. The van der Waals surface area contributed by atoms with Crippen LogP contribution in [0.2, 0.25) is 0 Å². The van der Waals surface area contributed by atoms with Gasteiger partial charge in [0, 0.05) is 6.61 Å². The van der Waals surface area contributed by atoms with E-state index in [1.807, 2.05) is 19.9 Å². The van der Waals surface area contributed by atoms with Crippen LogP contribution in [0.5, 0.6) is 0 Å². The summed E-state index contributed by atoms with van der Waals surface area (Å²) in [6.07, 6.45) is 9.95. The maximum atomic E-state index is 14.5. The van der Waals surface area contributed by atoms with Gasteiger partial charge in [-0.25, -0.2) is 8.78 Å². The molecule has 0 aliphatic carbocycles. The van der Waals surface area contributed by atoms with Crippen LogP contribution in [-0.2, 0) is 14.2 Å². The third-order valence-corrected chi connectivity index (χ3v) is 5.80. The van der Waals surface area contributed by atoms with Crippen molar-refractivity contribution in [1.82, 2.24) is 0 Å². The van der Waals surface area contributed by atoms with E-state index in [1.165, 1.54) is 20.5 Å². The van der Waals surface area contributed by atoms with Crippen molar-refractivity contribution in [2.24, 2.45) is 11.8 Å². The zero-order chi connectivity index (χ0) is 24.5. The fourth-order valence-corrected chi connectivity index (χ4v) is 3.64. The van der Waals surface area contributed by atoms with E-state index >= 15 is 0 Å². The summed E-state index contributed by atoms with van der Waals surface area (Å²) in [5, 5.41) is 0. The van der Waals surface area contributed by atoms with Crippen LogP contribution in [-0.4, -0.2) is 32.5 Å². The molecule has 3 nitrogen and oxygen atoms in total. The monoisotopic (exact) mass is 458 g/mol. The Kier molecular flexibility index (Phi) is 17.6. The summed E-state index contributed by atoms with van der Waals surface area (Å²) >= 11 is 0. The molecule has 188 valence electrons. The Hall–Kier alpha value is -1.20. The van der Waals surface area contributed by atoms with Gasteiger partial charge in [-0.2, -0.15) is 0 Å². The van der Waals surface area contributed by atoms with Gasteiger partial charge in [0.15, 0.2) is 11.7 Å². The zero-order valence-electron chi connectivity index (χ0n) is 21.6. The molecule has 4 unspecified atom stereocenters. The first-order chi connectivity index (χ1) is 15.2. The van der Waals surface area contributed by atoms with Gasteiger partial charge in [0.1, 0.15) is 5.76 Å². The lowest BCUT2D eigenvalue weighted by atomic mass is 9.90. The summed E-state index contributed by atoms with van der Waals surface area (Å²) in [5.74, 6) is -1.35. The van der Waals surface area contributed by atoms with Crippen molar-refractivity contribution in [2.75, 3.05) is 20.3 Å². The summed E-state index contributed by atoms with van der Waals surface area (Å²) in [5.41, 5.74) is 0.512. The molecule has 0 amide bonds. The van der Waals surface area contributed by atoms with Crippen molar-refractivity contribution in [2.45, 2.75) is 105 Å². The highest BCUT2D eigenvalue weighted by Crippen LogP contribution is 2.31. The second-order valence-electron chi connectivity index (χ2n) is 8.91. The van der Waals surface area contributed by atoms with Gasteiger partial charge < -0.3 is 14.2 Å². The summed E-state index contributed by atoms with van der Waals surface area (Å²) in [6, 6.07) is 0. The average molecular weight is 459 g/mol. The quantitative estimate of drug-likeness (QED) is 0.157. The van der Waals surface area contributed by atoms with Crippen molar-refractivity contribution in [3.8, 4) is 0 Å². The van der Waals surface area contributed by atoms with Crippen LogP contribution in [0, 0.1) is 11.8 Å². The van der Waals surface area contributed by atoms with E-state index in [4.69, 9.17) is 14.2 Å². The van der Waals surface area contributed by atoms with Crippen LogP contribution in [0.25, 0.3) is 0 Å². The van der Waals surface area contributed by atoms with Gasteiger partial charge in [-0.3, -0.25) is 0 Å². The molecule has 1 heterocycles. The van der Waals surface area contributed by atoms with Crippen LogP contribution >= 0.6 is 0 Å². The average Bonchev–Trinajstić information content (AvgIpc) is 2.80. The van der Waals surface area contributed by atoms with Crippen LogP contribution in [0.4, 0.5) is 8.78 Å². The molecule has 0 aromatic carbocycles. The minimum Gasteiger partial charge on any atom is -0.498 e. The molecule has 0 radical (unpaired) electrons. The van der Waals surface area contributed by atoms with E-state index in [1.54, 1.807) is 0 Å². The molecule has 0 aromatic rings. The molecule has 4 atom stereocenters. The third-order valence-electron chi connectivity index (χ3n) is 5.80. The van der Waals surface area contributed by atoms with Gasteiger partial charge >= 0.3 is 0 Å². The van der Waals surface area contributed by atoms with E-state index in [0.717, 1.165) is 38.5 Å². The van der Waals surface area contributed by atoms with Gasteiger partial charge in [-0.05, 0) is 69.3 Å². The third kappa shape index (κ3) is 12.2. The van der Waals surface area contributed by atoms with Gasteiger partial charge in [-0.1, -0.05) is 47.1 Å². The number of ether oxygens (including phenoxy) is 3.